The molecule has 4 aliphatic rings. The summed E-state index contributed by atoms with van der Waals surface area (Å²) < 4.78 is 19.9. The van der Waals surface area contributed by atoms with Crippen LogP contribution in [-0.2, 0) is 48.2 Å². The minimum Gasteiger partial charge on any atom is -0.381 e. The van der Waals surface area contributed by atoms with Gasteiger partial charge in [0.15, 0.2) is 34.0 Å². The van der Waals surface area contributed by atoms with Gasteiger partial charge in [0.2, 0.25) is 0 Å². The van der Waals surface area contributed by atoms with Gasteiger partial charge in [0.05, 0.1) is 47.4 Å². The zero-order chi connectivity index (χ0) is 46.5. The first-order chi connectivity index (χ1) is 33.3. The van der Waals surface area contributed by atoms with Crippen LogP contribution in [-0.4, -0.2) is 117 Å². The van der Waals surface area contributed by atoms with Crippen LogP contribution in [0.25, 0.3) is 45.1 Å². The highest BCUT2D eigenvalue weighted by atomic mass is 16.5. The smallest absolute Gasteiger partial charge is 0.165 e. The van der Waals surface area contributed by atoms with Crippen molar-refractivity contribution in [3.05, 3.63) is 84.5 Å². The number of hydrogen-bond acceptors (Lipinski definition) is 16. The van der Waals surface area contributed by atoms with E-state index in [0.717, 1.165) is 146 Å². The number of nitrogens with zero attached hydrogens (tertiary/aromatic N) is 16. The highest BCUT2D eigenvalue weighted by Crippen LogP contribution is 2.39. The average molecular weight is 919 g/mol. The molecular formula is C48H58N18O2. The minimum atomic E-state index is 0.261. The molecule has 2 unspecified atom stereocenters. The standard InChI is InChI=1S/2C24H29N9O/c2*1-4-32-23(15-10-25-14(2)26-11-15)31-21-22(27-12-28-24(21)32)30-16-5-6-19-20(7-16)33(13-29-19)17-8-18(9-17)34-3/h2*10-13,16-18H,4-9H2,1-3H3,(H,27,28,30). The van der Waals surface area contributed by atoms with E-state index in [2.05, 4.69) is 82.6 Å². The van der Waals surface area contributed by atoms with E-state index in [4.69, 9.17) is 29.4 Å². The molecule has 2 fully saturated rings. The number of aromatic nitrogens is 16. The Labute approximate surface area is 393 Å². The summed E-state index contributed by atoms with van der Waals surface area (Å²) in [5, 5.41) is 7.36. The molecule has 0 spiro atoms. The lowest BCUT2D eigenvalue weighted by atomic mass is 9.87. The maximum absolute atomic E-state index is 5.48. The Morgan fingerprint density at radius 1 is 0.559 bits per heavy atom. The SMILES string of the molecule is CCn1c(-c2cnc(C)nc2)nc2c(NC3CCc4ncn(C5CC(OC)C5)c4C3)ncnc21.CCn1c(-c2cnc(C)nc2)nc2c(NC3CCc4ncn(C5CC(OC)C5)c4C3)ncnc21. The van der Waals surface area contributed by atoms with Crippen LogP contribution in [0.2, 0.25) is 0 Å². The third-order valence-corrected chi connectivity index (χ3v) is 14.4. The maximum Gasteiger partial charge on any atom is 0.165 e. The zero-order valence-corrected chi connectivity index (χ0v) is 39.5. The van der Waals surface area contributed by atoms with E-state index in [9.17, 15) is 0 Å². The molecule has 0 aliphatic heterocycles. The Morgan fingerprint density at radius 3 is 1.35 bits per heavy atom. The van der Waals surface area contributed by atoms with Gasteiger partial charge in [-0.1, -0.05) is 0 Å². The van der Waals surface area contributed by atoms with Crippen LogP contribution >= 0.6 is 0 Å². The molecule has 4 aliphatic carbocycles. The Morgan fingerprint density at radius 2 is 0.971 bits per heavy atom. The largest absolute Gasteiger partial charge is 0.381 e. The molecule has 2 saturated carbocycles. The topological polar surface area (TPSA) is 217 Å². The fourth-order valence-corrected chi connectivity index (χ4v) is 10.3. The monoisotopic (exact) mass is 918 g/mol. The first kappa shape index (κ1) is 43.8. The highest BCUT2D eigenvalue weighted by Gasteiger charge is 2.36. The normalized spacial score (nSPS) is 21.9. The van der Waals surface area contributed by atoms with Crippen LogP contribution in [0, 0.1) is 13.8 Å². The van der Waals surface area contributed by atoms with Crippen molar-refractivity contribution in [2.75, 3.05) is 24.9 Å². The molecule has 0 radical (unpaired) electrons. The predicted molar refractivity (Wildman–Crippen MR) is 255 cm³/mol. The van der Waals surface area contributed by atoms with E-state index < -0.39 is 0 Å². The molecule has 20 nitrogen and oxygen atoms in total. The Kier molecular flexibility index (Phi) is 11.8. The van der Waals surface area contributed by atoms with Crippen molar-refractivity contribution in [1.29, 1.82) is 0 Å². The second-order valence-electron chi connectivity index (χ2n) is 18.4. The third kappa shape index (κ3) is 8.11. The number of aryl methyl sites for hydroxylation is 6. The van der Waals surface area contributed by atoms with Gasteiger partial charge < -0.3 is 38.4 Å². The van der Waals surface area contributed by atoms with Crippen LogP contribution in [0.3, 0.4) is 0 Å². The van der Waals surface area contributed by atoms with E-state index >= 15 is 0 Å². The molecule has 0 saturated heterocycles. The Hall–Kier alpha value is -6.80. The van der Waals surface area contributed by atoms with Gasteiger partial charge in [-0.2, -0.15) is 0 Å². The van der Waals surface area contributed by atoms with Gasteiger partial charge in [0.1, 0.15) is 36.0 Å². The molecule has 8 heterocycles. The second-order valence-corrected chi connectivity index (χ2v) is 18.4. The predicted octanol–water partition coefficient (Wildman–Crippen LogP) is 6.25. The van der Waals surface area contributed by atoms with Crippen molar-refractivity contribution in [1.82, 2.24) is 78.1 Å². The van der Waals surface area contributed by atoms with E-state index in [1.807, 2.05) is 51.3 Å². The average Bonchev–Trinajstić information content (AvgIpc) is 4.13. The van der Waals surface area contributed by atoms with Crippen molar-refractivity contribution in [3.8, 4) is 22.8 Å². The lowest BCUT2D eigenvalue weighted by Gasteiger charge is -2.37. The molecule has 20 heteroatoms. The Bertz CT molecular complexity index is 2850. The molecular weight excluding hydrogens is 861 g/mol. The summed E-state index contributed by atoms with van der Waals surface area (Å²) >= 11 is 0. The molecule has 0 bridgehead atoms. The fourth-order valence-electron chi connectivity index (χ4n) is 10.3. The number of anilines is 2. The van der Waals surface area contributed by atoms with Crippen LogP contribution in [0.4, 0.5) is 11.6 Å². The molecule has 352 valence electrons. The number of rotatable bonds is 12. The lowest BCUT2D eigenvalue weighted by Crippen LogP contribution is -2.35. The van der Waals surface area contributed by atoms with Crippen molar-refractivity contribution in [3.63, 3.8) is 0 Å². The van der Waals surface area contributed by atoms with Crippen molar-refractivity contribution < 1.29 is 9.47 Å². The second kappa shape index (κ2) is 18.4. The quantitative estimate of drug-likeness (QED) is 0.138. The van der Waals surface area contributed by atoms with E-state index in [1.54, 1.807) is 26.9 Å². The Balaban J connectivity index is 0.000000149. The molecule has 0 amide bonds. The van der Waals surface area contributed by atoms with Crippen molar-refractivity contribution in [2.24, 2.45) is 0 Å². The van der Waals surface area contributed by atoms with Gasteiger partial charge in [-0.15, -0.1) is 0 Å². The van der Waals surface area contributed by atoms with E-state index in [1.165, 1.54) is 22.8 Å². The zero-order valence-electron chi connectivity index (χ0n) is 39.5. The molecule has 12 rings (SSSR count). The van der Waals surface area contributed by atoms with Crippen LogP contribution in [0.1, 0.15) is 98.9 Å². The summed E-state index contributed by atoms with van der Waals surface area (Å²) in [7, 11) is 3.59. The molecule has 8 aromatic rings. The molecule has 2 N–H and O–H groups in total. The summed E-state index contributed by atoms with van der Waals surface area (Å²) in [5.41, 5.74) is 10.1. The van der Waals surface area contributed by atoms with Gasteiger partial charge >= 0.3 is 0 Å². The summed E-state index contributed by atoms with van der Waals surface area (Å²) in [4.78, 5) is 54.9. The first-order valence-electron chi connectivity index (χ1n) is 24.0. The summed E-state index contributed by atoms with van der Waals surface area (Å²) in [6, 6.07) is 1.50. The summed E-state index contributed by atoms with van der Waals surface area (Å²) in [6.45, 7) is 9.42. The van der Waals surface area contributed by atoms with Crippen LogP contribution in [0.5, 0.6) is 0 Å². The van der Waals surface area contributed by atoms with Crippen LogP contribution < -0.4 is 10.6 Å². The molecule has 2 atom stereocenters. The minimum absolute atomic E-state index is 0.261. The first-order valence-corrected chi connectivity index (χ1v) is 24.0. The van der Waals surface area contributed by atoms with Gasteiger partial charge in [-0.05, 0) is 79.1 Å². The van der Waals surface area contributed by atoms with Crippen molar-refractivity contribution >= 4 is 34.0 Å². The number of methoxy groups -OCH3 is 2. The number of imidazole rings is 4. The molecule has 8 aromatic heterocycles. The van der Waals surface area contributed by atoms with Gasteiger partial charge in [-0.3, -0.25) is 0 Å². The van der Waals surface area contributed by atoms with E-state index in [-0.39, 0.29) is 12.1 Å². The fraction of sp³-hybridized carbons (Fsp3) is 0.500. The third-order valence-electron chi connectivity index (χ3n) is 14.4. The maximum atomic E-state index is 5.48. The number of nitrogens with one attached hydrogen (secondary N) is 2. The highest BCUT2D eigenvalue weighted by molar-refractivity contribution is 5.87. The molecule has 68 heavy (non-hydrogen) atoms. The van der Waals surface area contributed by atoms with Gasteiger partial charge in [0.25, 0.3) is 0 Å². The van der Waals surface area contributed by atoms with Gasteiger partial charge in [0, 0.05) is 100 Å². The van der Waals surface area contributed by atoms with E-state index in [0.29, 0.717) is 24.3 Å². The van der Waals surface area contributed by atoms with Crippen molar-refractivity contribution in [2.45, 2.75) is 141 Å². The summed E-state index contributed by atoms with van der Waals surface area (Å²) in [6.07, 6.45) is 25.3. The lowest BCUT2D eigenvalue weighted by molar-refractivity contribution is 0.00517. The van der Waals surface area contributed by atoms with Crippen LogP contribution in [0.15, 0.2) is 50.1 Å². The number of fused-ring (bicyclic) bond motifs is 4. The summed E-state index contributed by atoms with van der Waals surface area (Å²) in [5.74, 6) is 4.63. The number of hydrogen-bond donors (Lipinski definition) is 2. The molecule has 0 aromatic carbocycles. The number of ether oxygens (including phenoxy) is 2. The van der Waals surface area contributed by atoms with Gasteiger partial charge in [-0.25, -0.2) is 59.8 Å².